The van der Waals surface area contributed by atoms with Crippen molar-refractivity contribution in [3.05, 3.63) is 71.5 Å². The minimum atomic E-state index is -0.689. The van der Waals surface area contributed by atoms with Crippen molar-refractivity contribution in [3.8, 4) is 11.4 Å². The molecule has 3 heterocycles. The minimum Gasteiger partial charge on any atom is -0.385 e. The standard InChI is InChI=1S/C26H32N4O/c1-29-14-16-30(17-15-29)24-7-3-2-6-20(24)18-21-10-13-27-25(21)23-9-8-22(19-28-23)26(31)11-4-5-12-26/h2-3,6-10,13,19,27,31H,4-5,11-12,14-18H2,1H3. The third-order valence-corrected chi connectivity index (χ3v) is 7.04. The van der Waals surface area contributed by atoms with E-state index < -0.39 is 5.60 Å². The van der Waals surface area contributed by atoms with Gasteiger partial charge in [-0.2, -0.15) is 0 Å². The molecule has 2 aliphatic rings. The summed E-state index contributed by atoms with van der Waals surface area (Å²) in [5.41, 5.74) is 6.20. The molecule has 0 radical (unpaired) electrons. The van der Waals surface area contributed by atoms with Crippen molar-refractivity contribution in [2.75, 3.05) is 38.1 Å². The summed E-state index contributed by atoms with van der Waals surface area (Å²) in [7, 11) is 2.19. The van der Waals surface area contributed by atoms with Gasteiger partial charge in [0, 0.05) is 56.2 Å². The smallest absolute Gasteiger partial charge is 0.0911 e. The molecular formula is C26H32N4O. The highest BCUT2D eigenvalue weighted by molar-refractivity contribution is 5.63. The maximum atomic E-state index is 10.8. The highest BCUT2D eigenvalue weighted by Crippen LogP contribution is 2.38. The highest BCUT2D eigenvalue weighted by atomic mass is 16.3. The predicted molar refractivity (Wildman–Crippen MR) is 125 cm³/mol. The van der Waals surface area contributed by atoms with E-state index in [4.69, 9.17) is 4.98 Å². The lowest BCUT2D eigenvalue weighted by Gasteiger charge is -2.35. The second-order valence-electron chi connectivity index (χ2n) is 9.14. The van der Waals surface area contributed by atoms with Crippen LogP contribution < -0.4 is 4.90 Å². The Labute approximate surface area is 184 Å². The second kappa shape index (κ2) is 8.48. The molecule has 5 heteroatoms. The van der Waals surface area contributed by atoms with Gasteiger partial charge in [0.25, 0.3) is 0 Å². The van der Waals surface area contributed by atoms with Crippen molar-refractivity contribution >= 4 is 5.69 Å². The van der Waals surface area contributed by atoms with E-state index in [-0.39, 0.29) is 0 Å². The van der Waals surface area contributed by atoms with Crippen molar-refractivity contribution in [1.29, 1.82) is 0 Å². The third-order valence-electron chi connectivity index (χ3n) is 7.04. The maximum absolute atomic E-state index is 10.8. The van der Waals surface area contributed by atoms with E-state index in [0.29, 0.717) is 0 Å². The van der Waals surface area contributed by atoms with Gasteiger partial charge >= 0.3 is 0 Å². The molecule has 162 valence electrons. The van der Waals surface area contributed by atoms with Crippen LogP contribution in [0.25, 0.3) is 11.4 Å². The molecule has 1 saturated heterocycles. The maximum Gasteiger partial charge on any atom is 0.0911 e. The quantitative estimate of drug-likeness (QED) is 0.655. The number of nitrogens with one attached hydrogen (secondary N) is 1. The van der Waals surface area contributed by atoms with Crippen LogP contribution in [0.2, 0.25) is 0 Å². The molecule has 0 atom stereocenters. The lowest BCUT2D eigenvalue weighted by molar-refractivity contribution is 0.0441. The highest BCUT2D eigenvalue weighted by Gasteiger charge is 2.33. The molecule has 5 nitrogen and oxygen atoms in total. The summed E-state index contributed by atoms with van der Waals surface area (Å²) in [5.74, 6) is 0. The van der Waals surface area contributed by atoms with Gasteiger partial charge in [-0.05, 0) is 49.2 Å². The fourth-order valence-corrected chi connectivity index (χ4v) is 5.07. The number of aromatic nitrogens is 2. The Morgan fingerprint density at radius 2 is 1.74 bits per heavy atom. The summed E-state index contributed by atoms with van der Waals surface area (Å²) < 4.78 is 0. The van der Waals surface area contributed by atoms with Crippen molar-refractivity contribution in [3.63, 3.8) is 0 Å². The van der Waals surface area contributed by atoms with E-state index in [1.165, 1.54) is 16.8 Å². The summed E-state index contributed by atoms with van der Waals surface area (Å²) in [4.78, 5) is 13.0. The molecular weight excluding hydrogens is 384 g/mol. The monoisotopic (exact) mass is 416 g/mol. The second-order valence-corrected chi connectivity index (χ2v) is 9.14. The number of likely N-dealkylation sites (N-methyl/N-ethyl adjacent to an activating group) is 1. The van der Waals surface area contributed by atoms with Gasteiger partial charge in [-0.1, -0.05) is 37.1 Å². The van der Waals surface area contributed by atoms with E-state index in [2.05, 4.69) is 58.2 Å². The van der Waals surface area contributed by atoms with Gasteiger partial charge in [-0.15, -0.1) is 0 Å². The molecule has 0 amide bonds. The summed E-state index contributed by atoms with van der Waals surface area (Å²) in [6, 6.07) is 15.0. The molecule has 1 aliphatic carbocycles. The van der Waals surface area contributed by atoms with Gasteiger partial charge in [0.05, 0.1) is 17.0 Å². The number of benzene rings is 1. The lowest BCUT2D eigenvalue weighted by Crippen LogP contribution is -2.44. The number of piperazine rings is 1. The summed E-state index contributed by atoms with van der Waals surface area (Å²) in [5, 5.41) is 10.8. The van der Waals surface area contributed by atoms with Crippen LogP contribution in [0.4, 0.5) is 5.69 Å². The molecule has 0 spiro atoms. The number of aliphatic hydroxyl groups is 1. The number of anilines is 1. The Kier molecular flexibility index (Phi) is 5.55. The Hall–Kier alpha value is -2.63. The Balaban J connectivity index is 1.38. The molecule has 3 aromatic rings. The average Bonchev–Trinajstić information content (AvgIpc) is 3.45. The Bertz CT molecular complexity index is 1010. The van der Waals surface area contributed by atoms with Crippen LogP contribution in [0.5, 0.6) is 0 Å². The van der Waals surface area contributed by atoms with Crippen molar-refractivity contribution in [2.24, 2.45) is 0 Å². The van der Waals surface area contributed by atoms with E-state index >= 15 is 0 Å². The number of nitrogens with zero attached hydrogens (tertiary/aromatic N) is 3. The van der Waals surface area contributed by atoms with Gasteiger partial charge in [-0.3, -0.25) is 4.98 Å². The van der Waals surface area contributed by atoms with Crippen molar-refractivity contribution in [2.45, 2.75) is 37.7 Å². The average molecular weight is 417 g/mol. The topological polar surface area (TPSA) is 55.4 Å². The van der Waals surface area contributed by atoms with Crippen LogP contribution in [-0.4, -0.2) is 53.2 Å². The largest absolute Gasteiger partial charge is 0.385 e. The summed E-state index contributed by atoms with van der Waals surface area (Å²) >= 11 is 0. The number of pyridine rings is 1. The molecule has 0 bridgehead atoms. The summed E-state index contributed by atoms with van der Waals surface area (Å²) in [6.45, 7) is 4.34. The molecule has 5 rings (SSSR count). The first-order valence-electron chi connectivity index (χ1n) is 11.5. The molecule has 2 N–H and O–H groups in total. The number of rotatable bonds is 5. The van der Waals surface area contributed by atoms with E-state index in [1.54, 1.807) is 0 Å². The number of para-hydroxylation sites is 1. The first-order valence-corrected chi connectivity index (χ1v) is 11.5. The SMILES string of the molecule is CN1CCN(c2ccccc2Cc2cc[nH]c2-c2ccc(C3(O)CCCC3)cn2)CC1. The normalized spacial score (nSPS) is 19.1. The van der Waals surface area contributed by atoms with Gasteiger partial charge in [0.2, 0.25) is 0 Å². The zero-order valence-corrected chi connectivity index (χ0v) is 18.3. The van der Waals surface area contributed by atoms with E-state index in [0.717, 1.165) is 75.2 Å². The predicted octanol–water partition coefficient (Wildman–Crippen LogP) is 4.18. The van der Waals surface area contributed by atoms with Gasteiger partial charge in [0.1, 0.15) is 0 Å². The van der Waals surface area contributed by atoms with E-state index in [9.17, 15) is 5.11 Å². The molecule has 31 heavy (non-hydrogen) atoms. The molecule has 1 saturated carbocycles. The third kappa shape index (κ3) is 4.12. The van der Waals surface area contributed by atoms with E-state index in [1.807, 2.05) is 18.5 Å². The minimum absolute atomic E-state index is 0.689. The van der Waals surface area contributed by atoms with Gasteiger partial charge in [-0.25, -0.2) is 0 Å². The molecule has 2 aromatic heterocycles. The zero-order valence-electron chi connectivity index (χ0n) is 18.3. The van der Waals surface area contributed by atoms with Crippen LogP contribution in [0.15, 0.2) is 54.9 Å². The molecule has 1 aromatic carbocycles. The molecule has 2 fully saturated rings. The Morgan fingerprint density at radius 1 is 0.968 bits per heavy atom. The van der Waals surface area contributed by atoms with Crippen LogP contribution in [0, 0.1) is 0 Å². The fourth-order valence-electron chi connectivity index (χ4n) is 5.07. The number of aromatic amines is 1. The van der Waals surface area contributed by atoms with Crippen molar-refractivity contribution < 1.29 is 5.11 Å². The first-order chi connectivity index (χ1) is 15.1. The van der Waals surface area contributed by atoms with Crippen LogP contribution >= 0.6 is 0 Å². The number of hydrogen-bond acceptors (Lipinski definition) is 4. The Morgan fingerprint density at radius 3 is 2.48 bits per heavy atom. The van der Waals surface area contributed by atoms with Crippen LogP contribution in [0.1, 0.15) is 42.4 Å². The molecule has 0 unspecified atom stereocenters. The lowest BCUT2D eigenvalue weighted by atomic mass is 9.93. The van der Waals surface area contributed by atoms with Crippen LogP contribution in [-0.2, 0) is 12.0 Å². The zero-order chi connectivity index (χ0) is 21.3. The van der Waals surface area contributed by atoms with Crippen molar-refractivity contribution in [1.82, 2.24) is 14.9 Å². The first kappa shape index (κ1) is 20.3. The number of H-pyrrole nitrogens is 1. The van der Waals surface area contributed by atoms with Crippen LogP contribution in [0.3, 0.4) is 0 Å². The molecule has 1 aliphatic heterocycles. The van der Waals surface area contributed by atoms with Gasteiger partial charge in [0.15, 0.2) is 0 Å². The number of hydrogen-bond donors (Lipinski definition) is 2. The fraction of sp³-hybridized carbons (Fsp3) is 0.423. The van der Waals surface area contributed by atoms with Gasteiger partial charge < -0.3 is 19.9 Å². The summed E-state index contributed by atoms with van der Waals surface area (Å²) in [6.07, 6.45) is 8.59.